The molecular formula is C20H24O3. The van der Waals surface area contributed by atoms with Gasteiger partial charge in [-0.25, -0.2) is 4.79 Å². The minimum absolute atomic E-state index is 0.318. The number of esters is 1. The zero-order valence-electron chi connectivity index (χ0n) is 14.0. The van der Waals surface area contributed by atoms with Crippen LogP contribution in [0.15, 0.2) is 48.5 Å². The van der Waals surface area contributed by atoms with E-state index in [1.807, 2.05) is 24.3 Å². The molecule has 3 nitrogen and oxygen atoms in total. The highest BCUT2D eigenvalue weighted by molar-refractivity contribution is 5.74. The molecule has 0 aliphatic rings. The molecule has 0 N–H and O–H groups in total. The molecule has 1 unspecified atom stereocenters. The summed E-state index contributed by atoms with van der Waals surface area (Å²) in [5, 5.41) is 0. The summed E-state index contributed by atoms with van der Waals surface area (Å²) < 4.78 is 10.8. The molecule has 23 heavy (non-hydrogen) atoms. The molecule has 0 aliphatic carbocycles. The predicted octanol–water partition coefficient (Wildman–Crippen LogP) is 4.77. The Labute approximate surface area is 138 Å². The van der Waals surface area contributed by atoms with Crippen molar-refractivity contribution in [1.29, 1.82) is 0 Å². The van der Waals surface area contributed by atoms with Crippen molar-refractivity contribution in [2.24, 2.45) is 0 Å². The molecule has 2 aromatic carbocycles. The third kappa shape index (κ3) is 5.13. The van der Waals surface area contributed by atoms with Crippen LogP contribution in [-0.2, 0) is 9.53 Å². The molecule has 2 aromatic rings. The van der Waals surface area contributed by atoms with E-state index < -0.39 is 6.10 Å². The van der Waals surface area contributed by atoms with Crippen LogP contribution in [0.3, 0.4) is 0 Å². The molecule has 0 fully saturated rings. The quantitative estimate of drug-likeness (QED) is 0.545. The minimum Gasteiger partial charge on any atom is -0.479 e. The highest BCUT2D eigenvalue weighted by Crippen LogP contribution is 2.23. The van der Waals surface area contributed by atoms with Crippen molar-refractivity contribution in [2.75, 3.05) is 6.61 Å². The summed E-state index contributed by atoms with van der Waals surface area (Å²) in [6.45, 7) is 6.29. The van der Waals surface area contributed by atoms with Crippen LogP contribution >= 0.6 is 0 Å². The van der Waals surface area contributed by atoms with Gasteiger partial charge in [-0.3, -0.25) is 0 Å². The fourth-order valence-electron chi connectivity index (χ4n) is 2.16. The third-order valence-electron chi connectivity index (χ3n) is 3.63. The summed E-state index contributed by atoms with van der Waals surface area (Å²) in [6, 6.07) is 16.1. The average molecular weight is 312 g/mol. The number of benzene rings is 2. The molecule has 0 spiro atoms. The molecule has 1 atom stereocenters. The SMILES string of the molecule is CCCCOC(=O)C(C)Oc1ccc(-c2ccc(C)cc2)cc1. The highest BCUT2D eigenvalue weighted by Gasteiger charge is 2.16. The average Bonchev–Trinajstić information content (AvgIpc) is 2.56. The zero-order chi connectivity index (χ0) is 16.7. The van der Waals surface area contributed by atoms with Crippen LogP contribution in [0.4, 0.5) is 0 Å². The van der Waals surface area contributed by atoms with Gasteiger partial charge in [0.1, 0.15) is 5.75 Å². The van der Waals surface area contributed by atoms with E-state index in [2.05, 4.69) is 38.1 Å². The van der Waals surface area contributed by atoms with Crippen LogP contribution in [0.2, 0.25) is 0 Å². The molecule has 0 heterocycles. The van der Waals surface area contributed by atoms with E-state index in [1.165, 1.54) is 5.56 Å². The molecule has 0 bridgehead atoms. The summed E-state index contributed by atoms with van der Waals surface area (Å²) in [6.07, 6.45) is 1.28. The fraction of sp³-hybridized carbons (Fsp3) is 0.350. The molecular weight excluding hydrogens is 288 g/mol. The summed E-state index contributed by atoms with van der Waals surface area (Å²) >= 11 is 0. The highest BCUT2D eigenvalue weighted by atomic mass is 16.6. The van der Waals surface area contributed by atoms with Crippen molar-refractivity contribution < 1.29 is 14.3 Å². The lowest BCUT2D eigenvalue weighted by molar-refractivity contribution is -0.151. The van der Waals surface area contributed by atoms with Gasteiger partial charge in [0, 0.05) is 0 Å². The smallest absolute Gasteiger partial charge is 0.347 e. The maximum atomic E-state index is 11.8. The Balaban J connectivity index is 1.94. The zero-order valence-corrected chi connectivity index (χ0v) is 14.0. The van der Waals surface area contributed by atoms with Gasteiger partial charge in [-0.05, 0) is 43.5 Å². The first-order chi connectivity index (χ1) is 11.1. The Morgan fingerprint density at radius 1 is 1.00 bits per heavy atom. The largest absolute Gasteiger partial charge is 0.479 e. The molecule has 3 heteroatoms. The number of hydrogen-bond acceptors (Lipinski definition) is 3. The maximum absolute atomic E-state index is 11.8. The van der Waals surface area contributed by atoms with E-state index in [-0.39, 0.29) is 5.97 Å². The molecule has 0 saturated carbocycles. The lowest BCUT2D eigenvalue weighted by Crippen LogP contribution is -2.26. The molecule has 2 rings (SSSR count). The standard InChI is InChI=1S/C20H24O3/c1-4-5-14-22-20(21)16(3)23-19-12-10-18(11-13-19)17-8-6-15(2)7-9-17/h6-13,16H,4-5,14H2,1-3H3. The van der Waals surface area contributed by atoms with Gasteiger partial charge in [-0.1, -0.05) is 55.3 Å². The van der Waals surface area contributed by atoms with Crippen molar-refractivity contribution in [1.82, 2.24) is 0 Å². The van der Waals surface area contributed by atoms with E-state index in [9.17, 15) is 4.79 Å². The van der Waals surface area contributed by atoms with E-state index in [4.69, 9.17) is 9.47 Å². The number of carbonyl (C=O) groups excluding carboxylic acids is 1. The van der Waals surface area contributed by atoms with Crippen molar-refractivity contribution in [2.45, 2.75) is 39.7 Å². The Bertz CT molecular complexity index is 614. The van der Waals surface area contributed by atoms with Crippen LogP contribution in [-0.4, -0.2) is 18.7 Å². The van der Waals surface area contributed by atoms with Gasteiger partial charge in [0.25, 0.3) is 0 Å². The first kappa shape index (κ1) is 17.1. The van der Waals surface area contributed by atoms with Crippen LogP contribution in [0.5, 0.6) is 5.75 Å². The summed E-state index contributed by atoms with van der Waals surface area (Å²) in [7, 11) is 0. The van der Waals surface area contributed by atoms with E-state index >= 15 is 0 Å². The normalized spacial score (nSPS) is 11.8. The number of hydrogen-bond donors (Lipinski definition) is 0. The number of unbranched alkanes of at least 4 members (excludes halogenated alkanes) is 1. The van der Waals surface area contributed by atoms with Gasteiger partial charge in [0.2, 0.25) is 0 Å². The van der Waals surface area contributed by atoms with E-state index in [1.54, 1.807) is 6.92 Å². The van der Waals surface area contributed by atoms with Gasteiger partial charge < -0.3 is 9.47 Å². The Morgan fingerprint density at radius 3 is 2.13 bits per heavy atom. The molecule has 0 amide bonds. The Kier molecular flexibility index (Phi) is 6.21. The predicted molar refractivity (Wildman–Crippen MR) is 92.6 cm³/mol. The lowest BCUT2D eigenvalue weighted by Gasteiger charge is -2.14. The van der Waals surface area contributed by atoms with Gasteiger partial charge in [-0.15, -0.1) is 0 Å². The van der Waals surface area contributed by atoms with Gasteiger partial charge in [0.05, 0.1) is 6.61 Å². The second kappa shape index (κ2) is 8.37. The summed E-state index contributed by atoms with van der Waals surface area (Å²) in [5.74, 6) is 0.349. The van der Waals surface area contributed by atoms with E-state index in [0.717, 1.165) is 24.0 Å². The molecule has 0 saturated heterocycles. The molecule has 0 aliphatic heterocycles. The van der Waals surface area contributed by atoms with Crippen LogP contribution in [0.25, 0.3) is 11.1 Å². The first-order valence-electron chi connectivity index (χ1n) is 8.10. The van der Waals surface area contributed by atoms with Crippen LogP contribution in [0, 0.1) is 6.92 Å². The topological polar surface area (TPSA) is 35.5 Å². The number of carbonyl (C=O) groups is 1. The van der Waals surface area contributed by atoms with Crippen molar-refractivity contribution in [3.8, 4) is 16.9 Å². The fourth-order valence-corrected chi connectivity index (χ4v) is 2.16. The van der Waals surface area contributed by atoms with Crippen LogP contribution < -0.4 is 4.74 Å². The Hall–Kier alpha value is -2.29. The van der Waals surface area contributed by atoms with Gasteiger partial charge in [0.15, 0.2) is 6.10 Å². The second-order valence-corrected chi connectivity index (χ2v) is 5.67. The van der Waals surface area contributed by atoms with Crippen LogP contribution in [0.1, 0.15) is 32.3 Å². The third-order valence-corrected chi connectivity index (χ3v) is 3.63. The monoisotopic (exact) mass is 312 g/mol. The van der Waals surface area contributed by atoms with Crippen molar-refractivity contribution in [3.05, 3.63) is 54.1 Å². The first-order valence-corrected chi connectivity index (χ1v) is 8.10. The number of aryl methyl sites for hydroxylation is 1. The van der Waals surface area contributed by atoms with Crippen molar-refractivity contribution in [3.63, 3.8) is 0 Å². The maximum Gasteiger partial charge on any atom is 0.347 e. The number of ether oxygens (including phenoxy) is 2. The minimum atomic E-state index is -0.600. The lowest BCUT2D eigenvalue weighted by atomic mass is 10.0. The number of rotatable bonds is 7. The summed E-state index contributed by atoms with van der Waals surface area (Å²) in [5.41, 5.74) is 3.52. The van der Waals surface area contributed by atoms with E-state index in [0.29, 0.717) is 12.4 Å². The van der Waals surface area contributed by atoms with Gasteiger partial charge >= 0.3 is 5.97 Å². The molecule has 0 aromatic heterocycles. The second-order valence-electron chi connectivity index (χ2n) is 5.67. The van der Waals surface area contributed by atoms with Gasteiger partial charge in [-0.2, -0.15) is 0 Å². The summed E-state index contributed by atoms with van der Waals surface area (Å²) in [4.78, 5) is 11.8. The Morgan fingerprint density at radius 2 is 1.57 bits per heavy atom. The molecule has 0 radical (unpaired) electrons. The van der Waals surface area contributed by atoms with Crippen molar-refractivity contribution >= 4 is 5.97 Å². The molecule has 122 valence electrons.